The lowest BCUT2D eigenvalue weighted by Crippen LogP contribution is -2.27. The Bertz CT molecular complexity index is 960. The van der Waals surface area contributed by atoms with E-state index < -0.39 is 0 Å². The summed E-state index contributed by atoms with van der Waals surface area (Å²) in [4.78, 5) is 26.7. The molecule has 0 aliphatic carbocycles. The minimum atomic E-state index is -0.341. The fourth-order valence-electron chi connectivity index (χ4n) is 2.76. The van der Waals surface area contributed by atoms with Gasteiger partial charge in [0, 0.05) is 16.1 Å². The number of halogens is 1. The number of carbonyl (C=O) groups excluding carboxylic acids is 2. The number of thioether (sulfide) groups is 1. The smallest absolute Gasteiger partial charge is 0.293 e. The molecule has 6 nitrogen and oxygen atoms in total. The van der Waals surface area contributed by atoms with Crippen LogP contribution >= 0.6 is 27.7 Å². The lowest BCUT2D eigenvalue weighted by Gasteiger charge is -2.13. The van der Waals surface area contributed by atoms with Gasteiger partial charge in [-0.15, -0.1) is 0 Å². The molecule has 28 heavy (non-hydrogen) atoms. The highest BCUT2D eigenvalue weighted by molar-refractivity contribution is 9.10. The molecule has 0 saturated carbocycles. The van der Waals surface area contributed by atoms with Gasteiger partial charge in [-0.2, -0.15) is 0 Å². The van der Waals surface area contributed by atoms with E-state index in [2.05, 4.69) is 15.9 Å². The number of methoxy groups -OCH3 is 3. The third-order valence-electron chi connectivity index (χ3n) is 4.13. The van der Waals surface area contributed by atoms with Crippen LogP contribution in [0.5, 0.6) is 17.2 Å². The minimum absolute atomic E-state index is 0.213. The van der Waals surface area contributed by atoms with E-state index in [1.54, 1.807) is 18.2 Å². The van der Waals surface area contributed by atoms with Gasteiger partial charge in [-0.1, -0.05) is 28.1 Å². The summed E-state index contributed by atoms with van der Waals surface area (Å²) in [6, 6.07) is 10.9. The topological polar surface area (TPSA) is 65.1 Å². The summed E-state index contributed by atoms with van der Waals surface area (Å²) < 4.78 is 16.9. The summed E-state index contributed by atoms with van der Waals surface area (Å²) in [7, 11) is 4.59. The molecule has 8 heteroatoms. The van der Waals surface area contributed by atoms with Gasteiger partial charge in [0.05, 0.1) is 32.8 Å². The van der Waals surface area contributed by atoms with Crippen molar-refractivity contribution in [2.24, 2.45) is 0 Å². The van der Waals surface area contributed by atoms with Crippen LogP contribution in [0.3, 0.4) is 0 Å². The van der Waals surface area contributed by atoms with Crippen molar-refractivity contribution in [1.29, 1.82) is 0 Å². The highest BCUT2D eigenvalue weighted by Gasteiger charge is 2.35. The second kappa shape index (κ2) is 8.70. The van der Waals surface area contributed by atoms with Crippen LogP contribution in [0.4, 0.5) is 4.79 Å². The lowest BCUT2D eigenvalue weighted by atomic mass is 10.1. The van der Waals surface area contributed by atoms with E-state index in [9.17, 15) is 9.59 Å². The molecule has 2 aromatic carbocycles. The zero-order valence-corrected chi connectivity index (χ0v) is 17.9. The summed E-state index contributed by atoms with van der Waals surface area (Å²) >= 11 is 4.30. The Hall–Kier alpha value is -2.45. The molecule has 3 rings (SSSR count). The van der Waals surface area contributed by atoms with Crippen LogP contribution in [-0.2, 0) is 11.3 Å². The van der Waals surface area contributed by atoms with E-state index in [0.29, 0.717) is 27.7 Å². The van der Waals surface area contributed by atoms with Gasteiger partial charge >= 0.3 is 0 Å². The van der Waals surface area contributed by atoms with Crippen molar-refractivity contribution in [3.8, 4) is 17.2 Å². The average Bonchev–Trinajstić information content (AvgIpc) is 2.95. The molecular weight excluding hydrogens is 446 g/mol. The Balaban J connectivity index is 1.91. The predicted octanol–water partition coefficient (Wildman–Crippen LogP) is 4.71. The summed E-state index contributed by atoms with van der Waals surface area (Å²) in [6.07, 6.45) is 1.63. The number of carbonyl (C=O) groups is 2. The lowest BCUT2D eigenvalue weighted by molar-refractivity contribution is -0.123. The van der Waals surface area contributed by atoms with Crippen LogP contribution in [0.1, 0.15) is 11.1 Å². The quantitative estimate of drug-likeness (QED) is 0.577. The number of benzene rings is 2. The molecule has 0 N–H and O–H groups in total. The molecule has 146 valence electrons. The molecule has 0 spiro atoms. The zero-order valence-electron chi connectivity index (χ0n) is 15.5. The van der Waals surface area contributed by atoms with E-state index in [4.69, 9.17) is 14.2 Å². The number of rotatable bonds is 6. The maximum absolute atomic E-state index is 12.8. The second-order valence-corrected chi connectivity index (χ2v) is 7.76. The molecule has 1 heterocycles. The van der Waals surface area contributed by atoms with Crippen LogP contribution in [-0.4, -0.2) is 37.4 Å². The first kappa shape index (κ1) is 20.3. The number of amides is 2. The molecule has 2 amide bonds. The monoisotopic (exact) mass is 463 g/mol. The second-order valence-electron chi connectivity index (χ2n) is 5.85. The van der Waals surface area contributed by atoms with E-state index in [0.717, 1.165) is 21.8 Å². The molecular formula is C20H18BrNO5S. The Kier molecular flexibility index (Phi) is 6.31. The van der Waals surface area contributed by atoms with Crippen LogP contribution < -0.4 is 14.2 Å². The maximum Gasteiger partial charge on any atom is 0.293 e. The van der Waals surface area contributed by atoms with Gasteiger partial charge in [-0.3, -0.25) is 14.5 Å². The average molecular weight is 464 g/mol. The third kappa shape index (κ3) is 4.18. The molecule has 0 radical (unpaired) electrons. The van der Waals surface area contributed by atoms with Gasteiger partial charge in [0.15, 0.2) is 11.5 Å². The van der Waals surface area contributed by atoms with Crippen molar-refractivity contribution in [3.63, 3.8) is 0 Å². The van der Waals surface area contributed by atoms with Gasteiger partial charge in [-0.05, 0) is 41.6 Å². The third-order valence-corrected chi connectivity index (χ3v) is 5.53. The highest BCUT2D eigenvalue weighted by atomic mass is 79.9. The maximum atomic E-state index is 12.8. The SMILES string of the molecule is COc1cc(OC)c(OC)cc1/C=C1/SC(=O)N(Cc2cccc(Br)c2)C1=O. The van der Waals surface area contributed by atoms with Crippen molar-refractivity contribution in [1.82, 2.24) is 4.90 Å². The van der Waals surface area contributed by atoms with Crippen molar-refractivity contribution >= 4 is 44.9 Å². The van der Waals surface area contributed by atoms with E-state index >= 15 is 0 Å². The molecule has 0 bridgehead atoms. The van der Waals surface area contributed by atoms with Crippen LogP contribution in [0.25, 0.3) is 6.08 Å². The Labute approximate surface area is 175 Å². The van der Waals surface area contributed by atoms with E-state index in [1.165, 1.54) is 26.2 Å². The summed E-state index contributed by atoms with van der Waals surface area (Å²) in [5.41, 5.74) is 1.48. The molecule has 2 aromatic rings. The van der Waals surface area contributed by atoms with Crippen LogP contribution in [0.2, 0.25) is 0 Å². The van der Waals surface area contributed by atoms with Gasteiger partial charge in [0.2, 0.25) is 0 Å². The number of nitrogens with zero attached hydrogens (tertiary/aromatic N) is 1. The Morgan fingerprint density at radius 1 is 1.00 bits per heavy atom. The number of ether oxygens (including phenoxy) is 3. The standard InChI is InChI=1S/C20H18BrNO5S/c1-25-15-10-17(27-3)16(26-2)8-13(15)9-18-19(23)22(20(24)28-18)11-12-5-4-6-14(21)7-12/h4-10H,11H2,1-3H3/b18-9+. The van der Waals surface area contributed by atoms with Gasteiger partial charge < -0.3 is 14.2 Å². The fraction of sp³-hybridized carbons (Fsp3) is 0.200. The predicted molar refractivity (Wildman–Crippen MR) is 112 cm³/mol. The molecule has 1 fully saturated rings. The molecule has 0 unspecified atom stereocenters. The summed E-state index contributed by atoms with van der Waals surface area (Å²) in [5, 5.41) is -0.310. The molecule has 0 atom stereocenters. The van der Waals surface area contributed by atoms with Crippen LogP contribution in [0.15, 0.2) is 45.8 Å². The molecule has 1 aliphatic heterocycles. The summed E-state index contributed by atoms with van der Waals surface area (Å²) in [6.45, 7) is 0.213. The first-order valence-electron chi connectivity index (χ1n) is 8.26. The highest BCUT2D eigenvalue weighted by Crippen LogP contribution is 2.39. The van der Waals surface area contributed by atoms with Gasteiger partial charge in [-0.25, -0.2) is 0 Å². The Morgan fingerprint density at radius 3 is 2.32 bits per heavy atom. The molecule has 1 aliphatic rings. The fourth-order valence-corrected chi connectivity index (χ4v) is 4.04. The Morgan fingerprint density at radius 2 is 1.68 bits per heavy atom. The number of hydrogen-bond donors (Lipinski definition) is 0. The van der Waals surface area contributed by atoms with E-state index in [-0.39, 0.29) is 17.7 Å². The number of hydrogen-bond acceptors (Lipinski definition) is 6. The minimum Gasteiger partial charge on any atom is -0.496 e. The first-order valence-corrected chi connectivity index (χ1v) is 9.87. The normalized spacial score (nSPS) is 15.3. The van der Waals surface area contributed by atoms with Crippen molar-refractivity contribution in [3.05, 3.63) is 56.9 Å². The molecule has 1 saturated heterocycles. The first-order chi connectivity index (χ1) is 13.5. The molecule has 0 aromatic heterocycles. The van der Waals surface area contributed by atoms with Crippen LogP contribution in [0, 0.1) is 0 Å². The largest absolute Gasteiger partial charge is 0.496 e. The number of imide groups is 1. The van der Waals surface area contributed by atoms with Crippen molar-refractivity contribution < 1.29 is 23.8 Å². The van der Waals surface area contributed by atoms with E-state index in [1.807, 2.05) is 24.3 Å². The van der Waals surface area contributed by atoms with Gasteiger partial charge in [0.25, 0.3) is 11.1 Å². The van der Waals surface area contributed by atoms with Gasteiger partial charge in [0.1, 0.15) is 5.75 Å². The zero-order chi connectivity index (χ0) is 20.3. The summed E-state index contributed by atoms with van der Waals surface area (Å²) in [5.74, 6) is 1.19. The van der Waals surface area contributed by atoms with Crippen molar-refractivity contribution in [2.45, 2.75) is 6.54 Å². The van der Waals surface area contributed by atoms with Crippen molar-refractivity contribution in [2.75, 3.05) is 21.3 Å².